The van der Waals surface area contributed by atoms with E-state index in [0.717, 1.165) is 36.3 Å². The minimum Gasteiger partial charge on any atom is -0.496 e. The van der Waals surface area contributed by atoms with E-state index in [1.54, 1.807) is 13.3 Å². The van der Waals surface area contributed by atoms with Crippen LogP contribution in [0.2, 0.25) is 0 Å². The number of para-hydroxylation sites is 1. The lowest BCUT2D eigenvalue weighted by Gasteiger charge is -2.31. The third kappa shape index (κ3) is 5.17. The van der Waals surface area contributed by atoms with Crippen LogP contribution in [-0.4, -0.2) is 30.7 Å². The lowest BCUT2D eigenvalue weighted by Crippen LogP contribution is -2.29. The van der Waals surface area contributed by atoms with Crippen molar-refractivity contribution in [3.05, 3.63) is 99.1 Å². The minimum atomic E-state index is -0.510. The van der Waals surface area contributed by atoms with Crippen molar-refractivity contribution < 1.29 is 14.5 Å². The Morgan fingerprint density at radius 2 is 1.97 bits per heavy atom. The van der Waals surface area contributed by atoms with Gasteiger partial charge in [-0.15, -0.1) is 0 Å². The van der Waals surface area contributed by atoms with Gasteiger partial charge in [-0.05, 0) is 60.4 Å². The van der Waals surface area contributed by atoms with E-state index in [2.05, 4.69) is 39.7 Å². The molecular formula is C25H24N4O4. The number of nitro benzene ring substituents is 1. The first kappa shape index (κ1) is 22.0. The number of hydrogen-bond acceptors (Lipinski definition) is 6. The molecule has 3 aromatic rings. The van der Waals surface area contributed by atoms with E-state index in [1.807, 2.05) is 18.2 Å². The zero-order valence-corrected chi connectivity index (χ0v) is 18.2. The summed E-state index contributed by atoms with van der Waals surface area (Å²) in [4.78, 5) is 24.8. The number of nitrogens with one attached hydrogen (secondary N) is 1. The van der Waals surface area contributed by atoms with Crippen LogP contribution < -0.4 is 15.1 Å². The van der Waals surface area contributed by atoms with E-state index < -0.39 is 10.8 Å². The predicted molar refractivity (Wildman–Crippen MR) is 127 cm³/mol. The summed E-state index contributed by atoms with van der Waals surface area (Å²) in [5, 5.41) is 14.8. The molecule has 3 aromatic carbocycles. The quantitative estimate of drug-likeness (QED) is 0.333. The maximum absolute atomic E-state index is 12.2. The smallest absolute Gasteiger partial charge is 0.271 e. The van der Waals surface area contributed by atoms with Gasteiger partial charge in [0, 0.05) is 42.0 Å². The molecule has 0 saturated carbocycles. The Morgan fingerprint density at radius 3 is 2.73 bits per heavy atom. The molecule has 0 fully saturated rings. The summed E-state index contributed by atoms with van der Waals surface area (Å²) in [6.45, 7) is 1.68. The first-order valence-corrected chi connectivity index (χ1v) is 10.6. The van der Waals surface area contributed by atoms with Gasteiger partial charge in [0.25, 0.3) is 11.6 Å². The average Bonchev–Trinajstić information content (AvgIpc) is 2.84. The van der Waals surface area contributed by atoms with Crippen LogP contribution in [0.4, 0.5) is 11.4 Å². The molecule has 4 rings (SSSR count). The maximum atomic E-state index is 12.2. The van der Waals surface area contributed by atoms with Crippen LogP contribution in [0.15, 0.2) is 71.8 Å². The largest absolute Gasteiger partial charge is 0.496 e. The molecule has 1 N–H and O–H groups in total. The Balaban J connectivity index is 1.46. The van der Waals surface area contributed by atoms with Crippen LogP contribution in [0, 0.1) is 10.1 Å². The number of carbonyl (C=O) groups is 1. The number of nitro groups is 1. The van der Waals surface area contributed by atoms with Crippen molar-refractivity contribution in [3.8, 4) is 5.75 Å². The van der Waals surface area contributed by atoms with E-state index in [1.165, 1.54) is 35.5 Å². The van der Waals surface area contributed by atoms with E-state index in [4.69, 9.17) is 4.74 Å². The molecular weight excluding hydrogens is 420 g/mol. The lowest BCUT2D eigenvalue weighted by atomic mass is 10.0. The van der Waals surface area contributed by atoms with Gasteiger partial charge in [-0.2, -0.15) is 5.10 Å². The minimum absolute atomic E-state index is 0.0721. The molecule has 33 heavy (non-hydrogen) atoms. The van der Waals surface area contributed by atoms with Crippen LogP contribution >= 0.6 is 0 Å². The number of carbonyl (C=O) groups excluding carboxylic acids is 1. The van der Waals surface area contributed by atoms with Gasteiger partial charge in [-0.3, -0.25) is 14.9 Å². The molecule has 168 valence electrons. The highest BCUT2D eigenvalue weighted by molar-refractivity contribution is 5.95. The second-order valence-electron chi connectivity index (χ2n) is 7.73. The molecule has 8 heteroatoms. The molecule has 0 spiro atoms. The fraction of sp³-hybridized carbons (Fsp3) is 0.200. The van der Waals surface area contributed by atoms with Gasteiger partial charge in [0.1, 0.15) is 5.75 Å². The summed E-state index contributed by atoms with van der Waals surface area (Å²) in [6, 6.07) is 19.6. The zero-order valence-electron chi connectivity index (χ0n) is 18.2. The Hall–Kier alpha value is -4.20. The first-order valence-electron chi connectivity index (χ1n) is 10.6. The molecule has 1 heterocycles. The maximum Gasteiger partial charge on any atom is 0.271 e. The summed E-state index contributed by atoms with van der Waals surface area (Å²) in [7, 11) is 1.65. The number of rotatable bonds is 7. The fourth-order valence-corrected chi connectivity index (χ4v) is 3.95. The standard InChI is InChI=1S/C25H24N4O4/c1-33-24-13-8-18(16-26-27-25(30)20-9-11-22(12-10-20)29(31)32)15-21(24)17-28-14-4-6-19-5-2-3-7-23(19)28/h2-3,5,7-13,15-16H,4,6,14,17H2,1H3,(H,27,30). The SMILES string of the molecule is COc1ccc(C=NNC(=O)c2ccc([N+](=O)[O-])cc2)cc1CN1CCCc2ccccc21. The van der Waals surface area contributed by atoms with Gasteiger partial charge in [0.05, 0.1) is 18.2 Å². The van der Waals surface area contributed by atoms with Crippen LogP contribution in [0.5, 0.6) is 5.75 Å². The molecule has 0 saturated heterocycles. The Labute approximate surface area is 191 Å². The predicted octanol–water partition coefficient (Wildman–Crippen LogP) is 4.32. The van der Waals surface area contributed by atoms with Gasteiger partial charge >= 0.3 is 0 Å². The number of ether oxygens (including phenoxy) is 1. The number of amides is 1. The molecule has 0 aliphatic carbocycles. The first-order chi connectivity index (χ1) is 16.0. The van der Waals surface area contributed by atoms with Crippen molar-refractivity contribution in [2.75, 3.05) is 18.6 Å². The van der Waals surface area contributed by atoms with Crippen molar-refractivity contribution in [1.29, 1.82) is 0 Å². The molecule has 8 nitrogen and oxygen atoms in total. The normalized spacial score (nSPS) is 12.9. The Morgan fingerprint density at radius 1 is 1.18 bits per heavy atom. The summed E-state index contributed by atoms with van der Waals surface area (Å²) in [6.07, 6.45) is 3.76. The van der Waals surface area contributed by atoms with Crippen LogP contribution in [-0.2, 0) is 13.0 Å². The molecule has 1 aliphatic rings. The van der Waals surface area contributed by atoms with Crippen LogP contribution in [0.3, 0.4) is 0 Å². The van der Waals surface area contributed by atoms with Crippen molar-refractivity contribution in [1.82, 2.24) is 5.43 Å². The lowest BCUT2D eigenvalue weighted by molar-refractivity contribution is -0.384. The molecule has 0 aromatic heterocycles. The van der Waals surface area contributed by atoms with E-state index in [9.17, 15) is 14.9 Å². The highest BCUT2D eigenvalue weighted by atomic mass is 16.6. The number of methoxy groups -OCH3 is 1. The molecule has 0 radical (unpaired) electrons. The van der Waals surface area contributed by atoms with E-state index >= 15 is 0 Å². The van der Waals surface area contributed by atoms with Gasteiger partial charge in [-0.25, -0.2) is 5.43 Å². The fourth-order valence-electron chi connectivity index (χ4n) is 3.95. The number of non-ortho nitro benzene ring substituents is 1. The zero-order chi connectivity index (χ0) is 23.2. The average molecular weight is 444 g/mol. The number of nitrogens with zero attached hydrogens (tertiary/aromatic N) is 3. The number of hydrogen-bond donors (Lipinski definition) is 1. The third-order valence-corrected chi connectivity index (χ3v) is 5.59. The summed E-state index contributed by atoms with van der Waals surface area (Å²) >= 11 is 0. The molecule has 0 unspecified atom stereocenters. The van der Waals surface area contributed by atoms with Crippen molar-refractivity contribution >= 4 is 23.5 Å². The third-order valence-electron chi connectivity index (χ3n) is 5.59. The summed E-state index contributed by atoms with van der Waals surface area (Å²) in [5.41, 5.74) is 7.13. The molecule has 0 atom stereocenters. The highest BCUT2D eigenvalue weighted by Crippen LogP contribution is 2.30. The molecule has 1 aliphatic heterocycles. The second kappa shape index (κ2) is 9.95. The number of benzene rings is 3. The van der Waals surface area contributed by atoms with Gasteiger partial charge < -0.3 is 9.64 Å². The van der Waals surface area contributed by atoms with Crippen LogP contribution in [0.1, 0.15) is 33.5 Å². The Bertz CT molecular complexity index is 1190. The van der Waals surface area contributed by atoms with Crippen molar-refractivity contribution in [2.24, 2.45) is 5.10 Å². The van der Waals surface area contributed by atoms with Gasteiger partial charge in [-0.1, -0.05) is 18.2 Å². The number of hydrazone groups is 1. The molecule has 1 amide bonds. The van der Waals surface area contributed by atoms with Gasteiger partial charge in [0.15, 0.2) is 0 Å². The Kier molecular flexibility index (Phi) is 6.64. The number of aryl methyl sites for hydroxylation is 1. The number of fused-ring (bicyclic) bond motifs is 1. The van der Waals surface area contributed by atoms with Crippen LogP contribution in [0.25, 0.3) is 0 Å². The van der Waals surface area contributed by atoms with Gasteiger partial charge in [0.2, 0.25) is 0 Å². The molecule has 0 bridgehead atoms. The summed E-state index contributed by atoms with van der Waals surface area (Å²) in [5.74, 6) is 0.352. The summed E-state index contributed by atoms with van der Waals surface area (Å²) < 4.78 is 5.57. The second-order valence-corrected chi connectivity index (χ2v) is 7.73. The van der Waals surface area contributed by atoms with E-state index in [-0.39, 0.29) is 11.3 Å². The topological polar surface area (TPSA) is 97.1 Å². The van der Waals surface area contributed by atoms with E-state index in [0.29, 0.717) is 6.54 Å². The highest BCUT2D eigenvalue weighted by Gasteiger charge is 2.18. The van der Waals surface area contributed by atoms with Crippen molar-refractivity contribution in [2.45, 2.75) is 19.4 Å². The van der Waals surface area contributed by atoms with Crippen molar-refractivity contribution in [3.63, 3.8) is 0 Å². The number of anilines is 1. The monoisotopic (exact) mass is 444 g/mol.